The first kappa shape index (κ1) is 15.5. The van der Waals surface area contributed by atoms with E-state index in [-0.39, 0.29) is 5.56 Å². The van der Waals surface area contributed by atoms with Crippen molar-refractivity contribution in [2.45, 2.75) is 26.0 Å². The van der Waals surface area contributed by atoms with E-state index in [1.54, 1.807) is 0 Å². The maximum Gasteiger partial charge on any atom is 0.259 e. The lowest BCUT2D eigenvalue weighted by Gasteiger charge is -2.16. The van der Waals surface area contributed by atoms with Crippen LogP contribution in [0.25, 0.3) is 22.8 Å². The molecule has 1 aromatic carbocycles. The topological polar surface area (TPSA) is 93.0 Å². The van der Waals surface area contributed by atoms with Gasteiger partial charge in [0, 0.05) is 30.8 Å². The van der Waals surface area contributed by atoms with Crippen LogP contribution in [0.2, 0.25) is 0 Å². The quantitative estimate of drug-likeness (QED) is 0.732. The van der Waals surface area contributed by atoms with E-state index in [0.717, 1.165) is 54.9 Å². The van der Waals surface area contributed by atoms with Crippen LogP contribution in [0, 0.1) is 0 Å². The Labute approximate surface area is 149 Å². The molecular weight excluding hydrogens is 332 g/mol. The predicted octanol–water partition coefficient (Wildman–Crippen LogP) is 1.81. The average Bonchev–Trinajstić information content (AvgIpc) is 3.17. The van der Waals surface area contributed by atoms with E-state index in [4.69, 9.17) is 9.26 Å². The molecule has 5 rings (SSSR count). The van der Waals surface area contributed by atoms with Crippen molar-refractivity contribution in [2.75, 3.05) is 13.2 Å². The lowest BCUT2D eigenvalue weighted by molar-refractivity contribution is 0.111. The van der Waals surface area contributed by atoms with E-state index in [0.29, 0.717) is 23.9 Å². The minimum atomic E-state index is -0.183. The Morgan fingerprint density at radius 3 is 3.00 bits per heavy atom. The van der Waals surface area contributed by atoms with Gasteiger partial charge in [-0.3, -0.25) is 4.79 Å². The molecule has 3 aromatic rings. The molecule has 7 heteroatoms. The van der Waals surface area contributed by atoms with Crippen molar-refractivity contribution in [3.63, 3.8) is 0 Å². The summed E-state index contributed by atoms with van der Waals surface area (Å²) < 4.78 is 10.9. The van der Waals surface area contributed by atoms with E-state index in [1.807, 2.05) is 18.2 Å². The van der Waals surface area contributed by atoms with Gasteiger partial charge in [0.25, 0.3) is 11.4 Å². The molecule has 0 fully saturated rings. The van der Waals surface area contributed by atoms with Crippen molar-refractivity contribution in [3.8, 4) is 22.8 Å². The van der Waals surface area contributed by atoms with Crippen LogP contribution in [0.3, 0.4) is 0 Å². The molecule has 2 N–H and O–H groups in total. The summed E-state index contributed by atoms with van der Waals surface area (Å²) in [6, 6.07) is 7.93. The highest BCUT2D eigenvalue weighted by molar-refractivity contribution is 5.61. The fourth-order valence-corrected chi connectivity index (χ4v) is 3.55. The Hall–Kier alpha value is -2.77. The van der Waals surface area contributed by atoms with Crippen LogP contribution in [-0.4, -0.2) is 28.3 Å². The van der Waals surface area contributed by atoms with Crippen molar-refractivity contribution < 1.29 is 9.26 Å². The van der Waals surface area contributed by atoms with Crippen LogP contribution >= 0.6 is 0 Å². The molecule has 0 amide bonds. The molecule has 4 heterocycles. The highest BCUT2D eigenvalue weighted by Crippen LogP contribution is 2.26. The second kappa shape index (κ2) is 6.19. The normalized spacial score (nSPS) is 16.2. The number of H-pyrrole nitrogens is 1. The first-order valence-electron chi connectivity index (χ1n) is 8.78. The van der Waals surface area contributed by atoms with Crippen molar-refractivity contribution in [3.05, 3.63) is 57.0 Å². The van der Waals surface area contributed by atoms with Crippen LogP contribution in [0.1, 0.15) is 22.4 Å². The minimum absolute atomic E-state index is 0.183. The number of rotatable bonds is 2. The summed E-state index contributed by atoms with van der Waals surface area (Å²) in [5.74, 6) is 0.715. The molecule has 0 radical (unpaired) electrons. The zero-order chi connectivity index (χ0) is 17.5. The Kier molecular flexibility index (Phi) is 3.69. The zero-order valence-electron chi connectivity index (χ0n) is 14.2. The van der Waals surface area contributed by atoms with Crippen LogP contribution in [0.15, 0.2) is 33.6 Å². The fourth-order valence-electron chi connectivity index (χ4n) is 3.55. The maximum atomic E-state index is 12.4. The zero-order valence-corrected chi connectivity index (χ0v) is 14.2. The molecule has 0 aliphatic carbocycles. The number of pyridine rings is 1. The van der Waals surface area contributed by atoms with Crippen LogP contribution in [0.4, 0.5) is 0 Å². The van der Waals surface area contributed by atoms with Gasteiger partial charge in [-0.05, 0) is 41.3 Å². The monoisotopic (exact) mass is 350 g/mol. The Bertz CT molecular complexity index is 1040. The van der Waals surface area contributed by atoms with Gasteiger partial charge in [-0.2, -0.15) is 4.98 Å². The molecular formula is C19H18N4O3. The maximum absolute atomic E-state index is 12.4. The summed E-state index contributed by atoms with van der Waals surface area (Å²) in [6.07, 6.45) is 1.74. The third-order valence-electron chi connectivity index (χ3n) is 4.98. The first-order valence-corrected chi connectivity index (χ1v) is 8.78. The summed E-state index contributed by atoms with van der Waals surface area (Å²) in [5.41, 5.74) is 5.58. The molecule has 0 saturated carbocycles. The Balaban J connectivity index is 1.52. The van der Waals surface area contributed by atoms with E-state index in [1.165, 1.54) is 5.56 Å². The van der Waals surface area contributed by atoms with Gasteiger partial charge >= 0.3 is 0 Å². The number of hydrogen-bond donors (Lipinski definition) is 2. The fraction of sp³-hybridized carbons (Fsp3) is 0.316. The summed E-state index contributed by atoms with van der Waals surface area (Å²) in [6.45, 7) is 2.96. The highest BCUT2D eigenvalue weighted by atomic mass is 16.5. The Morgan fingerprint density at radius 2 is 2.04 bits per heavy atom. The average molecular weight is 350 g/mol. The number of benzene rings is 1. The van der Waals surface area contributed by atoms with Gasteiger partial charge in [0.1, 0.15) is 0 Å². The van der Waals surface area contributed by atoms with E-state index in [9.17, 15) is 4.79 Å². The number of hydrogen-bond acceptors (Lipinski definition) is 6. The number of aromatic amines is 1. The molecule has 0 unspecified atom stereocenters. The van der Waals surface area contributed by atoms with Crippen LogP contribution < -0.4 is 10.9 Å². The standard InChI is InChI=1S/C19H18N4O3/c24-18-15(8-13-9-20-5-3-16(13)21-18)17-22-19(26-23-17)12-2-1-11-4-6-25-10-14(11)7-12/h1-2,7-8,20H,3-6,9-10H2,(H,21,24). The molecule has 2 aromatic heterocycles. The second-order valence-electron chi connectivity index (χ2n) is 6.65. The molecule has 132 valence electrons. The molecule has 0 spiro atoms. The summed E-state index contributed by atoms with van der Waals surface area (Å²) in [5, 5.41) is 7.33. The van der Waals surface area contributed by atoms with E-state index < -0.39 is 0 Å². The van der Waals surface area contributed by atoms with Crippen molar-refractivity contribution >= 4 is 0 Å². The summed E-state index contributed by atoms with van der Waals surface area (Å²) in [7, 11) is 0. The molecule has 0 bridgehead atoms. The lowest BCUT2D eigenvalue weighted by atomic mass is 10.0. The molecule has 2 aliphatic heterocycles. The van der Waals surface area contributed by atoms with Gasteiger partial charge in [0.2, 0.25) is 5.82 Å². The van der Waals surface area contributed by atoms with Gasteiger partial charge in [-0.15, -0.1) is 0 Å². The number of ether oxygens (including phenoxy) is 1. The van der Waals surface area contributed by atoms with Crippen molar-refractivity contribution in [1.82, 2.24) is 20.4 Å². The summed E-state index contributed by atoms with van der Waals surface area (Å²) in [4.78, 5) is 19.8. The number of nitrogens with one attached hydrogen (secondary N) is 2. The number of fused-ring (bicyclic) bond motifs is 2. The first-order chi connectivity index (χ1) is 12.8. The SMILES string of the molecule is O=c1[nH]c2c(cc1-c1noc(-c3ccc4c(c3)COCC4)n1)CNCC2. The van der Waals surface area contributed by atoms with Gasteiger partial charge in [0.15, 0.2) is 0 Å². The second-order valence-corrected chi connectivity index (χ2v) is 6.65. The van der Waals surface area contributed by atoms with Crippen molar-refractivity contribution in [1.29, 1.82) is 0 Å². The molecule has 26 heavy (non-hydrogen) atoms. The third-order valence-corrected chi connectivity index (χ3v) is 4.98. The van der Waals surface area contributed by atoms with Gasteiger partial charge in [0.05, 0.1) is 18.8 Å². The molecule has 2 aliphatic rings. The van der Waals surface area contributed by atoms with Crippen LogP contribution in [0.5, 0.6) is 0 Å². The van der Waals surface area contributed by atoms with Crippen LogP contribution in [-0.2, 0) is 30.7 Å². The highest BCUT2D eigenvalue weighted by Gasteiger charge is 2.19. The number of aromatic nitrogens is 3. The van der Waals surface area contributed by atoms with E-state index >= 15 is 0 Å². The lowest BCUT2D eigenvalue weighted by Crippen LogP contribution is -2.27. The number of nitrogens with zero attached hydrogens (tertiary/aromatic N) is 2. The predicted molar refractivity (Wildman–Crippen MR) is 94.6 cm³/mol. The molecule has 7 nitrogen and oxygen atoms in total. The van der Waals surface area contributed by atoms with Crippen molar-refractivity contribution in [2.24, 2.45) is 0 Å². The third kappa shape index (κ3) is 2.65. The van der Waals surface area contributed by atoms with Gasteiger partial charge in [-0.1, -0.05) is 11.2 Å². The largest absolute Gasteiger partial charge is 0.376 e. The minimum Gasteiger partial charge on any atom is -0.376 e. The Morgan fingerprint density at radius 1 is 1.08 bits per heavy atom. The van der Waals surface area contributed by atoms with E-state index in [2.05, 4.69) is 26.5 Å². The molecule has 0 saturated heterocycles. The smallest absolute Gasteiger partial charge is 0.259 e. The van der Waals surface area contributed by atoms with Gasteiger partial charge < -0.3 is 19.6 Å². The molecule has 0 atom stereocenters. The van der Waals surface area contributed by atoms with Gasteiger partial charge in [-0.25, -0.2) is 0 Å². The summed E-state index contributed by atoms with van der Waals surface area (Å²) >= 11 is 0.